The molecule has 2 N–H and O–H groups in total. The predicted octanol–water partition coefficient (Wildman–Crippen LogP) is 2.39. The highest BCUT2D eigenvalue weighted by Gasteiger charge is 2.34. The average Bonchev–Trinajstić information content (AvgIpc) is 2.67. The molecular weight excluding hydrogens is 202 g/mol. The Bertz CT molecular complexity index is 340. The number of hydrogen-bond acceptors (Lipinski definition) is 4. The molecule has 1 aliphatic carbocycles. The summed E-state index contributed by atoms with van der Waals surface area (Å²) in [5, 5.41) is 4.05. The number of nitrogens with two attached hydrogens (primary N) is 1. The molecule has 1 aromatic heterocycles. The summed E-state index contributed by atoms with van der Waals surface area (Å²) >= 11 is 0. The van der Waals surface area contributed by atoms with Gasteiger partial charge < -0.3 is 10.3 Å². The van der Waals surface area contributed by atoms with Crippen molar-refractivity contribution in [2.75, 3.05) is 0 Å². The third-order valence-corrected chi connectivity index (χ3v) is 3.24. The van der Waals surface area contributed by atoms with E-state index < -0.39 is 0 Å². The normalized spacial score (nSPS) is 20.2. The molecule has 1 saturated carbocycles. The Kier molecular flexibility index (Phi) is 3.28. The summed E-state index contributed by atoms with van der Waals surface area (Å²) < 4.78 is 5.25. The first kappa shape index (κ1) is 11.6. The number of rotatable bonds is 3. The molecule has 1 aliphatic rings. The van der Waals surface area contributed by atoms with Crippen molar-refractivity contribution in [3.05, 3.63) is 11.7 Å². The van der Waals surface area contributed by atoms with Crippen molar-refractivity contribution >= 4 is 0 Å². The summed E-state index contributed by atoms with van der Waals surface area (Å²) in [4.78, 5) is 4.44. The first-order valence-electron chi connectivity index (χ1n) is 6.22. The summed E-state index contributed by atoms with van der Waals surface area (Å²) in [6, 6.07) is 0. The Labute approximate surface area is 96.6 Å². The van der Waals surface area contributed by atoms with E-state index in [1.165, 1.54) is 19.3 Å². The number of nitrogens with zero attached hydrogens (tertiary/aromatic N) is 2. The fourth-order valence-electron chi connectivity index (χ4n) is 2.30. The van der Waals surface area contributed by atoms with Crippen LogP contribution in [0.5, 0.6) is 0 Å². The van der Waals surface area contributed by atoms with Crippen molar-refractivity contribution in [2.24, 2.45) is 11.7 Å². The van der Waals surface area contributed by atoms with Gasteiger partial charge in [0.2, 0.25) is 5.89 Å². The monoisotopic (exact) mass is 223 g/mol. The van der Waals surface area contributed by atoms with Crippen LogP contribution >= 0.6 is 0 Å². The standard InChI is InChI=1S/C12H21N3O/c1-9(2)8-10-14-11(15-16-10)12(13)6-4-3-5-7-12/h9H,3-8,13H2,1-2H3. The highest BCUT2D eigenvalue weighted by molar-refractivity contribution is 5.05. The second-order valence-electron chi connectivity index (χ2n) is 5.33. The van der Waals surface area contributed by atoms with Gasteiger partial charge in [0, 0.05) is 6.42 Å². The predicted molar refractivity (Wildman–Crippen MR) is 61.8 cm³/mol. The van der Waals surface area contributed by atoms with E-state index in [1.807, 2.05) is 0 Å². The third-order valence-electron chi connectivity index (χ3n) is 3.24. The lowest BCUT2D eigenvalue weighted by Gasteiger charge is -2.29. The molecule has 0 unspecified atom stereocenters. The molecule has 0 amide bonds. The van der Waals surface area contributed by atoms with E-state index >= 15 is 0 Å². The van der Waals surface area contributed by atoms with Gasteiger partial charge in [-0.05, 0) is 18.8 Å². The highest BCUT2D eigenvalue weighted by Crippen LogP contribution is 2.33. The second kappa shape index (κ2) is 4.53. The van der Waals surface area contributed by atoms with E-state index in [-0.39, 0.29) is 5.54 Å². The topological polar surface area (TPSA) is 64.9 Å². The molecule has 1 fully saturated rings. The van der Waals surface area contributed by atoms with Crippen LogP contribution in [-0.4, -0.2) is 10.1 Å². The summed E-state index contributed by atoms with van der Waals surface area (Å²) in [6.07, 6.45) is 6.41. The van der Waals surface area contributed by atoms with Gasteiger partial charge in [-0.25, -0.2) is 0 Å². The smallest absolute Gasteiger partial charge is 0.226 e. The number of hydrogen-bond donors (Lipinski definition) is 1. The van der Waals surface area contributed by atoms with Gasteiger partial charge in [-0.1, -0.05) is 38.3 Å². The van der Waals surface area contributed by atoms with Crippen LogP contribution in [0.1, 0.15) is 57.7 Å². The van der Waals surface area contributed by atoms with Crippen LogP contribution in [0.25, 0.3) is 0 Å². The van der Waals surface area contributed by atoms with Crippen molar-refractivity contribution in [2.45, 2.75) is 57.9 Å². The second-order valence-corrected chi connectivity index (χ2v) is 5.33. The zero-order valence-electron chi connectivity index (χ0n) is 10.2. The van der Waals surface area contributed by atoms with E-state index in [0.29, 0.717) is 11.7 Å². The molecule has 0 saturated heterocycles. The summed E-state index contributed by atoms with van der Waals surface area (Å²) in [7, 11) is 0. The van der Waals surface area contributed by atoms with E-state index in [4.69, 9.17) is 10.3 Å². The fraction of sp³-hybridized carbons (Fsp3) is 0.833. The maximum absolute atomic E-state index is 6.34. The first-order valence-corrected chi connectivity index (χ1v) is 6.22. The average molecular weight is 223 g/mol. The van der Waals surface area contributed by atoms with Crippen LogP contribution in [0.15, 0.2) is 4.52 Å². The van der Waals surface area contributed by atoms with E-state index in [2.05, 4.69) is 24.0 Å². The molecule has 1 aromatic rings. The van der Waals surface area contributed by atoms with Gasteiger partial charge in [0.05, 0.1) is 5.54 Å². The molecule has 4 nitrogen and oxygen atoms in total. The van der Waals surface area contributed by atoms with Crippen LogP contribution in [-0.2, 0) is 12.0 Å². The zero-order chi connectivity index (χ0) is 11.6. The zero-order valence-corrected chi connectivity index (χ0v) is 10.2. The molecule has 16 heavy (non-hydrogen) atoms. The Morgan fingerprint density at radius 1 is 1.31 bits per heavy atom. The number of aromatic nitrogens is 2. The Morgan fingerprint density at radius 3 is 2.62 bits per heavy atom. The molecule has 4 heteroatoms. The first-order chi connectivity index (χ1) is 7.60. The molecule has 1 heterocycles. The van der Waals surface area contributed by atoms with Gasteiger partial charge in [0.15, 0.2) is 5.82 Å². The molecule has 2 rings (SSSR count). The molecule has 0 bridgehead atoms. The maximum Gasteiger partial charge on any atom is 0.226 e. The summed E-state index contributed by atoms with van der Waals surface area (Å²) in [5.74, 6) is 1.97. The van der Waals surface area contributed by atoms with Crippen LogP contribution in [0.2, 0.25) is 0 Å². The summed E-state index contributed by atoms with van der Waals surface area (Å²) in [5.41, 5.74) is 6.00. The maximum atomic E-state index is 6.34. The van der Waals surface area contributed by atoms with E-state index in [1.54, 1.807) is 0 Å². The van der Waals surface area contributed by atoms with Crippen molar-refractivity contribution < 1.29 is 4.52 Å². The molecule has 0 atom stereocenters. The lowest BCUT2D eigenvalue weighted by Crippen LogP contribution is -2.39. The van der Waals surface area contributed by atoms with E-state index in [9.17, 15) is 0 Å². The van der Waals surface area contributed by atoms with Gasteiger partial charge >= 0.3 is 0 Å². The van der Waals surface area contributed by atoms with Crippen LogP contribution in [0.3, 0.4) is 0 Å². The fourth-order valence-corrected chi connectivity index (χ4v) is 2.30. The van der Waals surface area contributed by atoms with Crippen LogP contribution in [0, 0.1) is 5.92 Å². The highest BCUT2D eigenvalue weighted by atomic mass is 16.5. The Balaban J connectivity index is 2.10. The molecule has 0 radical (unpaired) electrons. The third kappa shape index (κ3) is 2.43. The van der Waals surface area contributed by atoms with Gasteiger partial charge in [0.1, 0.15) is 0 Å². The Morgan fingerprint density at radius 2 is 2.00 bits per heavy atom. The molecular formula is C12H21N3O. The molecule has 0 spiro atoms. The van der Waals surface area contributed by atoms with Crippen LogP contribution in [0.4, 0.5) is 0 Å². The van der Waals surface area contributed by atoms with Gasteiger partial charge in [0.25, 0.3) is 0 Å². The SMILES string of the molecule is CC(C)Cc1nc(C2(N)CCCCC2)no1. The molecule has 90 valence electrons. The molecule has 0 aliphatic heterocycles. The Hall–Kier alpha value is -0.900. The van der Waals surface area contributed by atoms with E-state index in [0.717, 1.165) is 25.2 Å². The summed E-state index contributed by atoms with van der Waals surface area (Å²) in [6.45, 7) is 4.28. The van der Waals surface area contributed by atoms with Gasteiger partial charge in [-0.3, -0.25) is 0 Å². The minimum atomic E-state index is -0.336. The van der Waals surface area contributed by atoms with Gasteiger partial charge in [-0.2, -0.15) is 4.98 Å². The lowest BCUT2D eigenvalue weighted by atomic mass is 9.82. The minimum Gasteiger partial charge on any atom is -0.339 e. The van der Waals surface area contributed by atoms with Crippen molar-refractivity contribution in [3.8, 4) is 0 Å². The van der Waals surface area contributed by atoms with Crippen LogP contribution < -0.4 is 5.73 Å². The van der Waals surface area contributed by atoms with Gasteiger partial charge in [-0.15, -0.1) is 0 Å². The largest absolute Gasteiger partial charge is 0.339 e. The minimum absolute atomic E-state index is 0.336. The molecule has 0 aromatic carbocycles. The lowest BCUT2D eigenvalue weighted by molar-refractivity contribution is 0.272. The van der Waals surface area contributed by atoms with Crippen molar-refractivity contribution in [1.29, 1.82) is 0 Å². The van der Waals surface area contributed by atoms with Crippen molar-refractivity contribution in [1.82, 2.24) is 10.1 Å². The quantitative estimate of drug-likeness (QED) is 0.854. The van der Waals surface area contributed by atoms with Crippen molar-refractivity contribution in [3.63, 3.8) is 0 Å².